The van der Waals surface area contributed by atoms with Crippen LogP contribution in [-0.2, 0) is 6.42 Å². The van der Waals surface area contributed by atoms with Crippen LogP contribution in [0.25, 0.3) is 0 Å². The molecule has 3 N–H and O–H groups in total. The Morgan fingerprint density at radius 3 is 1.88 bits per heavy atom. The quantitative estimate of drug-likeness (QED) is 0.227. The van der Waals surface area contributed by atoms with Gasteiger partial charge in [0.1, 0.15) is 5.60 Å². The van der Waals surface area contributed by atoms with E-state index in [1.54, 1.807) is 6.92 Å². The van der Waals surface area contributed by atoms with E-state index >= 15 is 0 Å². The van der Waals surface area contributed by atoms with Crippen molar-refractivity contribution in [2.24, 2.45) is 5.92 Å². The van der Waals surface area contributed by atoms with Crippen molar-refractivity contribution in [2.45, 2.75) is 140 Å². The van der Waals surface area contributed by atoms with Gasteiger partial charge in [-0.2, -0.15) is 0 Å². The third-order valence-electron chi connectivity index (χ3n) is 7.69. The fraction of sp³-hybridized carbons (Fsp3) is 0.793. The fourth-order valence-electron chi connectivity index (χ4n) is 5.22. The summed E-state index contributed by atoms with van der Waals surface area (Å²) in [7, 11) is 0. The van der Waals surface area contributed by atoms with Crippen LogP contribution in [0.3, 0.4) is 0 Å². The van der Waals surface area contributed by atoms with Crippen molar-refractivity contribution >= 4 is 0 Å². The first-order valence-electron chi connectivity index (χ1n) is 13.6. The number of rotatable bonds is 17. The minimum Gasteiger partial charge on any atom is -0.390 e. The minimum atomic E-state index is -1.48. The molecule has 3 atom stereocenters. The average molecular weight is 447 g/mol. The molecule has 32 heavy (non-hydrogen) atoms. The molecule has 1 saturated carbocycles. The van der Waals surface area contributed by atoms with Gasteiger partial charge < -0.3 is 15.3 Å². The highest BCUT2D eigenvalue weighted by Gasteiger charge is 2.37. The number of unbranched alkanes of at least 4 members (excludes halogenated alkanes) is 9. The van der Waals surface area contributed by atoms with Gasteiger partial charge in [0.15, 0.2) is 0 Å². The summed E-state index contributed by atoms with van der Waals surface area (Å²) in [6.45, 7) is 1.56. The standard InChI is InChI=1S/C29H50O3/c1-29(32,28(31)24-26-21-15-11-16-22-26)27(30)23-17-9-7-5-3-2-4-6-8-12-18-25-19-13-10-14-20-25/h11,15-16,21-22,25,27-28,30-32H,2-10,12-14,17-20,23-24H2,1H3. The van der Waals surface area contributed by atoms with E-state index in [9.17, 15) is 15.3 Å². The molecule has 0 amide bonds. The van der Waals surface area contributed by atoms with Crippen LogP contribution in [0.2, 0.25) is 0 Å². The molecule has 1 aliphatic carbocycles. The summed E-state index contributed by atoms with van der Waals surface area (Å²) in [4.78, 5) is 0. The van der Waals surface area contributed by atoms with Gasteiger partial charge >= 0.3 is 0 Å². The van der Waals surface area contributed by atoms with Crippen molar-refractivity contribution < 1.29 is 15.3 Å². The highest BCUT2D eigenvalue weighted by atomic mass is 16.4. The van der Waals surface area contributed by atoms with Gasteiger partial charge in [0.25, 0.3) is 0 Å². The Morgan fingerprint density at radius 2 is 1.28 bits per heavy atom. The van der Waals surface area contributed by atoms with Gasteiger partial charge in [-0.25, -0.2) is 0 Å². The highest BCUT2D eigenvalue weighted by molar-refractivity contribution is 5.16. The van der Waals surface area contributed by atoms with E-state index in [4.69, 9.17) is 0 Å². The summed E-state index contributed by atoms with van der Waals surface area (Å²) in [6, 6.07) is 9.64. The second-order valence-electron chi connectivity index (χ2n) is 10.6. The van der Waals surface area contributed by atoms with Crippen LogP contribution in [0.5, 0.6) is 0 Å². The van der Waals surface area contributed by atoms with Gasteiger partial charge in [-0.1, -0.05) is 133 Å². The summed E-state index contributed by atoms with van der Waals surface area (Å²) in [5, 5.41) is 31.5. The first-order chi connectivity index (χ1) is 15.5. The van der Waals surface area contributed by atoms with E-state index in [1.807, 2.05) is 30.3 Å². The molecule has 3 heteroatoms. The topological polar surface area (TPSA) is 60.7 Å². The van der Waals surface area contributed by atoms with E-state index < -0.39 is 17.8 Å². The zero-order valence-corrected chi connectivity index (χ0v) is 20.7. The summed E-state index contributed by atoms with van der Waals surface area (Å²) in [6.07, 6.45) is 20.7. The van der Waals surface area contributed by atoms with Crippen molar-refractivity contribution in [3.63, 3.8) is 0 Å². The Bertz CT molecular complexity index is 565. The molecule has 1 aromatic carbocycles. The van der Waals surface area contributed by atoms with Crippen molar-refractivity contribution in [3.05, 3.63) is 35.9 Å². The molecule has 3 nitrogen and oxygen atoms in total. The zero-order chi connectivity index (χ0) is 23.1. The number of benzene rings is 1. The van der Waals surface area contributed by atoms with Crippen LogP contribution in [0, 0.1) is 5.92 Å². The second-order valence-corrected chi connectivity index (χ2v) is 10.6. The van der Waals surface area contributed by atoms with E-state index in [-0.39, 0.29) is 0 Å². The van der Waals surface area contributed by atoms with E-state index in [1.165, 1.54) is 89.9 Å². The van der Waals surface area contributed by atoms with Gasteiger partial charge in [-0.15, -0.1) is 0 Å². The number of hydrogen-bond donors (Lipinski definition) is 3. The molecule has 2 rings (SSSR count). The average Bonchev–Trinajstić information content (AvgIpc) is 2.80. The molecule has 1 fully saturated rings. The molecule has 3 unspecified atom stereocenters. The zero-order valence-electron chi connectivity index (χ0n) is 20.7. The Morgan fingerprint density at radius 1 is 0.750 bits per heavy atom. The maximum absolute atomic E-state index is 10.6. The molecule has 0 radical (unpaired) electrons. The smallest absolute Gasteiger partial charge is 0.114 e. The monoisotopic (exact) mass is 446 g/mol. The van der Waals surface area contributed by atoms with Crippen LogP contribution in [0.1, 0.15) is 122 Å². The van der Waals surface area contributed by atoms with Crippen molar-refractivity contribution in [1.29, 1.82) is 0 Å². The van der Waals surface area contributed by atoms with Crippen LogP contribution < -0.4 is 0 Å². The molecule has 0 aromatic heterocycles. The lowest BCUT2D eigenvalue weighted by Crippen LogP contribution is -2.50. The Hall–Kier alpha value is -0.900. The van der Waals surface area contributed by atoms with Gasteiger partial charge in [0, 0.05) is 6.42 Å². The molecule has 184 valence electrons. The Kier molecular flexibility index (Phi) is 13.5. The van der Waals surface area contributed by atoms with E-state index in [0.717, 1.165) is 24.3 Å². The predicted octanol–water partition coefficient (Wildman–Crippen LogP) is 6.96. The number of aliphatic hydroxyl groups is 3. The van der Waals surface area contributed by atoms with Crippen molar-refractivity contribution in [3.8, 4) is 0 Å². The largest absolute Gasteiger partial charge is 0.390 e. The predicted molar refractivity (Wildman–Crippen MR) is 135 cm³/mol. The summed E-state index contributed by atoms with van der Waals surface area (Å²) >= 11 is 0. The second kappa shape index (κ2) is 15.9. The molecule has 0 bridgehead atoms. The maximum atomic E-state index is 10.6. The number of hydrogen-bond acceptors (Lipinski definition) is 3. The lowest BCUT2D eigenvalue weighted by Gasteiger charge is -2.34. The van der Waals surface area contributed by atoms with Crippen LogP contribution in [-0.4, -0.2) is 33.1 Å². The van der Waals surface area contributed by atoms with Crippen LogP contribution >= 0.6 is 0 Å². The first-order valence-corrected chi connectivity index (χ1v) is 13.6. The molecule has 1 aromatic rings. The Labute approximate surface area is 197 Å². The third-order valence-corrected chi connectivity index (χ3v) is 7.69. The van der Waals surface area contributed by atoms with E-state index in [0.29, 0.717) is 12.8 Å². The molecular weight excluding hydrogens is 396 g/mol. The van der Waals surface area contributed by atoms with Crippen molar-refractivity contribution in [1.82, 2.24) is 0 Å². The fourth-order valence-corrected chi connectivity index (χ4v) is 5.22. The molecule has 0 heterocycles. The lowest BCUT2D eigenvalue weighted by molar-refractivity contribution is -0.136. The summed E-state index contributed by atoms with van der Waals surface area (Å²) in [5.74, 6) is 1.04. The lowest BCUT2D eigenvalue weighted by atomic mass is 9.85. The van der Waals surface area contributed by atoms with Crippen LogP contribution in [0.4, 0.5) is 0 Å². The number of aliphatic hydroxyl groups excluding tert-OH is 2. The van der Waals surface area contributed by atoms with Gasteiger partial charge in [-0.05, 0) is 24.8 Å². The van der Waals surface area contributed by atoms with Crippen molar-refractivity contribution in [2.75, 3.05) is 0 Å². The third kappa shape index (κ3) is 10.8. The SMILES string of the molecule is CC(O)(C(O)CCCCCCCCCCCCC1CCCCC1)C(O)Cc1ccccc1. The Balaban J connectivity index is 1.42. The molecular formula is C29H50O3. The first kappa shape index (κ1) is 27.3. The molecule has 0 aliphatic heterocycles. The van der Waals surface area contributed by atoms with E-state index in [2.05, 4.69) is 0 Å². The minimum absolute atomic E-state index is 0.353. The summed E-state index contributed by atoms with van der Waals surface area (Å²) < 4.78 is 0. The van der Waals surface area contributed by atoms with Gasteiger partial charge in [0.05, 0.1) is 12.2 Å². The summed E-state index contributed by atoms with van der Waals surface area (Å²) in [5.41, 5.74) is -0.510. The normalized spacial score (nSPS) is 18.9. The molecule has 0 saturated heterocycles. The highest BCUT2D eigenvalue weighted by Crippen LogP contribution is 2.28. The van der Waals surface area contributed by atoms with Crippen LogP contribution in [0.15, 0.2) is 30.3 Å². The maximum Gasteiger partial charge on any atom is 0.114 e. The molecule has 0 spiro atoms. The van der Waals surface area contributed by atoms with Gasteiger partial charge in [0.2, 0.25) is 0 Å². The molecule has 1 aliphatic rings. The van der Waals surface area contributed by atoms with Gasteiger partial charge in [-0.3, -0.25) is 0 Å².